The van der Waals surface area contributed by atoms with Crippen molar-refractivity contribution in [3.63, 3.8) is 0 Å². The lowest BCUT2D eigenvalue weighted by Gasteiger charge is -2.33. The molecule has 0 aromatic heterocycles. The van der Waals surface area contributed by atoms with E-state index in [9.17, 15) is 13.2 Å². The highest BCUT2D eigenvalue weighted by Crippen LogP contribution is 2.29. The van der Waals surface area contributed by atoms with Crippen LogP contribution in [0.5, 0.6) is 0 Å². The zero-order valence-electron chi connectivity index (χ0n) is 15.7. The molecule has 0 radical (unpaired) electrons. The highest BCUT2D eigenvalue weighted by atomic mass is 32.2. The van der Waals surface area contributed by atoms with Gasteiger partial charge < -0.3 is 9.64 Å². The van der Waals surface area contributed by atoms with Crippen molar-refractivity contribution in [3.8, 4) is 0 Å². The second-order valence-corrected chi connectivity index (χ2v) is 9.73. The van der Waals surface area contributed by atoms with Crippen molar-refractivity contribution in [2.75, 3.05) is 32.8 Å². The van der Waals surface area contributed by atoms with Crippen molar-refractivity contribution in [2.24, 2.45) is 5.92 Å². The van der Waals surface area contributed by atoms with Crippen molar-refractivity contribution in [1.29, 1.82) is 0 Å². The van der Waals surface area contributed by atoms with E-state index in [-0.39, 0.29) is 11.8 Å². The Kier molecular flexibility index (Phi) is 5.53. The van der Waals surface area contributed by atoms with Crippen LogP contribution >= 0.6 is 0 Å². The molecule has 0 bridgehead atoms. The number of carbonyl (C=O) groups excluding carboxylic acids is 1. The molecule has 0 unspecified atom stereocenters. The van der Waals surface area contributed by atoms with E-state index in [1.165, 1.54) is 10.7 Å². The van der Waals surface area contributed by atoms with Crippen LogP contribution in [0.4, 0.5) is 0 Å². The minimum absolute atomic E-state index is 0.153. The lowest BCUT2D eigenvalue weighted by Crippen LogP contribution is -2.41. The molecule has 4 rings (SSSR count). The van der Waals surface area contributed by atoms with Gasteiger partial charge in [0.25, 0.3) is 0 Å². The summed E-state index contributed by atoms with van der Waals surface area (Å²) in [5.74, 6) is 0.405. The Morgan fingerprint density at radius 1 is 1.00 bits per heavy atom. The molecule has 0 atom stereocenters. The number of nitrogens with zero attached hydrogens (tertiary/aromatic N) is 2. The number of hydrogen-bond donors (Lipinski definition) is 0. The van der Waals surface area contributed by atoms with Gasteiger partial charge in [-0.25, -0.2) is 8.42 Å². The number of benzene rings is 1. The second kappa shape index (κ2) is 7.89. The smallest absolute Gasteiger partial charge is 0.243 e. The molecule has 148 valence electrons. The highest BCUT2D eigenvalue weighted by molar-refractivity contribution is 7.89. The van der Waals surface area contributed by atoms with Gasteiger partial charge in [-0.1, -0.05) is 25.3 Å². The molecule has 1 saturated carbocycles. The number of hydrogen-bond acceptors (Lipinski definition) is 4. The molecule has 1 aliphatic carbocycles. The van der Waals surface area contributed by atoms with Crippen LogP contribution in [-0.4, -0.2) is 56.4 Å². The van der Waals surface area contributed by atoms with Gasteiger partial charge in [0.1, 0.15) is 0 Å². The first-order valence-corrected chi connectivity index (χ1v) is 11.5. The molecule has 1 saturated heterocycles. The summed E-state index contributed by atoms with van der Waals surface area (Å²) in [4.78, 5) is 15.1. The summed E-state index contributed by atoms with van der Waals surface area (Å²) in [7, 11) is -3.50. The summed E-state index contributed by atoms with van der Waals surface area (Å²) < 4.78 is 32.6. The molecule has 1 amide bonds. The zero-order valence-corrected chi connectivity index (χ0v) is 16.5. The van der Waals surface area contributed by atoms with Crippen molar-refractivity contribution in [1.82, 2.24) is 9.21 Å². The Balaban J connectivity index is 1.52. The van der Waals surface area contributed by atoms with Gasteiger partial charge in [0, 0.05) is 32.1 Å². The maximum Gasteiger partial charge on any atom is 0.243 e. The van der Waals surface area contributed by atoms with Crippen LogP contribution in [0.2, 0.25) is 0 Å². The number of carbonyl (C=O) groups is 1. The molecule has 2 heterocycles. The molecular weight excluding hydrogens is 364 g/mol. The number of sulfonamides is 1. The van der Waals surface area contributed by atoms with Crippen LogP contribution < -0.4 is 0 Å². The molecule has 0 spiro atoms. The zero-order chi connectivity index (χ0) is 18.9. The summed E-state index contributed by atoms with van der Waals surface area (Å²) >= 11 is 0. The molecule has 0 N–H and O–H groups in total. The van der Waals surface area contributed by atoms with Crippen LogP contribution in [0.15, 0.2) is 23.1 Å². The van der Waals surface area contributed by atoms with Crippen LogP contribution in [0.3, 0.4) is 0 Å². The van der Waals surface area contributed by atoms with E-state index < -0.39 is 10.0 Å². The Morgan fingerprint density at radius 3 is 2.48 bits per heavy atom. The quantitative estimate of drug-likeness (QED) is 0.791. The first kappa shape index (κ1) is 18.9. The van der Waals surface area contributed by atoms with E-state index in [0.29, 0.717) is 37.7 Å². The van der Waals surface area contributed by atoms with Gasteiger partial charge in [0.2, 0.25) is 15.9 Å². The average molecular weight is 393 g/mol. The molecule has 2 aliphatic heterocycles. The molecular formula is C20H28N2O4S. The maximum atomic E-state index is 12.9. The number of ether oxygens (including phenoxy) is 1. The third-order valence-electron chi connectivity index (χ3n) is 6.06. The van der Waals surface area contributed by atoms with Crippen LogP contribution in [0.1, 0.15) is 43.2 Å². The minimum Gasteiger partial charge on any atom is -0.379 e. The third-order valence-corrected chi connectivity index (χ3v) is 7.96. The molecule has 1 aromatic carbocycles. The van der Waals surface area contributed by atoms with Crippen LogP contribution in [0.25, 0.3) is 0 Å². The second-order valence-electron chi connectivity index (χ2n) is 7.79. The molecule has 27 heavy (non-hydrogen) atoms. The van der Waals surface area contributed by atoms with Crippen molar-refractivity contribution in [3.05, 3.63) is 29.3 Å². The monoisotopic (exact) mass is 392 g/mol. The van der Waals surface area contributed by atoms with E-state index in [2.05, 4.69) is 0 Å². The van der Waals surface area contributed by atoms with E-state index in [4.69, 9.17) is 4.74 Å². The Bertz CT molecular complexity index is 796. The number of rotatable bonds is 3. The molecule has 1 aromatic rings. The average Bonchev–Trinajstić information content (AvgIpc) is 2.73. The maximum absolute atomic E-state index is 12.9. The Hall–Kier alpha value is -1.44. The van der Waals surface area contributed by atoms with E-state index in [1.807, 2.05) is 11.0 Å². The summed E-state index contributed by atoms with van der Waals surface area (Å²) in [6.45, 7) is 2.92. The van der Waals surface area contributed by atoms with E-state index in [1.54, 1.807) is 12.1 Å². The summed E-state index contributed by atoms with van der Waals surface area (Å²) in [5.41, 5.74) is 2.13. The predicted octanol–water partition coefficient (Wildman–Crippen LogP) is 2.17. The van der Waals surface area contributed by atoms with E-state index >= 15 is 0 Å². The fraction of sp³-hybridized carbons (Fsp3) is 0.650. The van der Waals surface area contributed by atoms with Crippen LogP contribution in [-0.2, 0) is 32.5 Å². The van der Waals surface area contributed by atoms with Gasteiger partial charge >= 0.3 is 0 Å². The number of fused-ring (bicyclic) bond motifs is 1. The SMILES string of the molecule is O=C(C1CCCCC1)N1CCc2ccc(S(=O)(=O)N3CCOCC3)cc2C1. The fourth-order valence-corrected chi connectivity index (χ4v) is 5.88. The normalized spacial score (nSPS) is 22.4. The first-order valence-electron chi connectivity index (χ1n) is 10.0. The number of morpholine rings is 1. The van der Waals surface area contributed by atoms with Gasteiger partial charge in [-0.15, -0.1) is 0 Å². The van der Waals surface area contributed by atoms with Crippen molar-refractivity contribution < 1.29 is 17.9 Å². The van der Waals surface area contributed by atoms with Gasteiger partial charge in [0.15, 0.2) is 0 Å². The Labute approximate surface area is 161 Å². The summed E-state index contributed by atoms with van der Waals surface area (Å²) in [5, 5.41) is 0. The van der Waals surface area contributed by atoms with Gasteiger partial charge in [-0.05, 0) is 42.5 Å². The van der Waals surface area contributed by atoms with Gasteiger partial charge in [-0.2, -0.15) is 4.31 Å². The third kappa shape index (κ3) is 3.91. The highest BCUT2D eigenvalue weighted by Gasteiger charge is 2.30. The minimum atomic E-state index is -3.50. The summed E-state index contributed by atoms with van der Waals surface area (Å²) in [6, 6.07) is 5.41. The van der Waals surface area contributed by atoms with Crippen LogP contribution in [0, 0.1) is 5.92 Å². The Morgan fingerprint density at radius 2 is 1.74 bits per heavy atom. The summed E-state index contributed by atoms with van der Waals surface area (Å²) in [6.07, 6.45) is 6.30. The lowest BCUT2D eigenvalue weighted by atomic mass is 9.87. The predicted molar refractivity (Wildman–Crippen MR) is 102 cm³/mol. The largest absolute Gasteiger partial charge is 0.379 e. The number of amides is 1. The van der Waals surface area contributed by atoms with Gasteiger partial charge in [-0.3, -0.25) is 4.79 Å². The van der Waals surface area contributed by atoms with Crippen molar-refractivity contribution >= 4 is 15.9 Å². The lowest BCUT2D eigenvalue weighted by molar-refractivity contribution is -0.137. The molecule has 2 fully saturated rings. The molecule has 7 heteroatoms. The standard InChI is InChI=1S/C20H28N2O4S/c23-20(17-4-2-1-3-5-17)21-9-8-16-6-7-19(14-18(16)15-21)27(24,25)22-10-12-26-13-11-22/h6-7,14,17H,1-5,8-13,15H2. The first-order chi connectivity index (χ1) is 13.1. The van der Waals surface area contributed by atoms with Gasteiger partial charge in [0.05, 0.1) is 18.1 Å². The fourth-order valence-electron chi connectivity index (χ4n) is 4.43. The molecule has 6 nitrogen and oxygen atoms in total. The topological polar surface area (TPSA) is 66.9 Å². The molecule has 3 aliphatic rings. The van der Waals surface area contributed by atoms with Crippen molar-refractivity contribution in [2.45, 2.75) is 50.0 Å². The van der Waals surface area contributed by atoms with E-state index in [0.717, 1.165) is 49.8 Å².